The van der Waals surface area contributed by atoms with Gasteiger partial charge in [0, 0.05) is 11.2 Å². The molecule has 0 aliphatic carbocycles. The maximum atomic E-state index is 10.9. The molecule has 27 heavy (non-hydrogen) atoms. The number of aromatic carboxylic acids is 1. The number of ether oxygens (including phenoxy) is 1. The number of nitrogens with zero attached hydrogens (tertiary/aromatic N) is 1. The van der Waals surface area contributed by atoms with Crippen LogP contribution in [0.5, 0.6) is 5.75 Å². The molecule has 1 N–H and O–H groups in total. The molecule has 3 aromatic carbocycles. The van der Waals surface area contributed by atoms with Gasteiger partial charge < -0.3 is 9.84 Å². The van der Waals surface area contributed by atoms with Gasteiger partial charge in [0.1, 0.15) is 12.4 Å². The Kier molecular flexibility index (Phi) is 5.89. The number of hydrogen-bond donors (Lipinski definition) is 1. The van der Waals surface area contributed by atoms with Crippen molar-refractivity contribution in [1.82, 2.24) is 0 Å². The predicted octanol–water partition coefficient (Wildman–Crippen LogP) is 5.68. The standard InChI is InChI=1S/C22H18ClNO3/c1-15-5-10-19(12-21(15)23)24-13-17-3-2-4-20(11-17)27-14-16-6-8-18(9-7-16)22(25)26/h2-13H,14H2,1H3,(H,25,26). The van der Waals surface area contributed by atoms with Crippen molar-refractivity contribution in [2.45, 2.75) is 13.5 Å². The van der Waals surface area contributed by atoms with Crippen molar-refractivity contribution in [2.75, 3.05) is 0 Å². The van der Waals surface area contributed by atoms with E-state index in [4.69, 9.17) is 21.4 Å². The number of halogens is 1. The molecule has 0 atom stereocenters. The number of benzene rings is 3. The summed E-state index contributed by atoms with van der Waals surface area (Å²) in [6, 6.07) is 19.9. The lowest BCUT2D eigenvalue weighted by molar-refractivity contribution is 0.0697. The molecule has 136 valence electrons. The maximum absolute atomic E-state index is 10.9. The SMILES string of the molecule is Cc1ccc(N=Cc2cccc(OCc3ccc(C(=O)O)cc3)c2)cc1Cl. The first-order valence-corrected chi connectivity index (χ1v) is 8.74. The molecule has 0 amide bonds. The van der Waals surface area contributed by atoms with Crippen molar-refractivity contribution < 1.29 is 14.6 Å². The van der Waals surface area contributed by atoms with Crippen LogP contribution in [0.2, 0.25) is 5.02 Å². The molecular formula is C22H18ClNO3. The van der Waals surface area contributed by atoms with E-state index in [9.17, 15) is 4.79 Å². The predicted molar refractivity (Wildman–Crippen MR) is 108 cm³/mol. The lowest BCUT2D eigenvalue weighted by Gasteiger charge is -2.07. The fourth-order valence-corrected chi connectivity index (χ4v) is 2.58. The monoisotopic (exact) mass is 379 g/mol. The number of rotatable bonds is 6. The molecule has 0 radical (unpaired) electrons. The Hall–Kier alpha value is -3.11. The molecule has 0 spiro atoms. The highest BCUT2D eigenvalue weighted by Gasteiger charge is 2.03. The molecule has 5 heteroatoms. The fraction of sp³-hybridized carbons (Fsp3) is 0.0909. The zero-order valence-corrected chi connectivity index (χ0v) is 15.5. The van der Waals surface area contributed by atoms with Crippen LogP contribution in [0.3, 0.4) is 0 Å². The molecule has 0 bridgehead atoms. The fourth-order valence-electron chi connectivity index (χ4n) is 2.41. The van der Waals surface area contributed by atoms with E-state index in [1.165, 1.54) is 0 Å². The number of aryl methyl sites for hydroxylation is 1. The minimum atomic E-state index is -0.940. The van der Waals surface area contributed by atoms with Crippen LogP contribution < -0.4 is 4.74 Å². The normalized spacial score (nSPS) is 10.9. The second-order valence-electron chi connectivity index (χ2n) is 6.05. The lowest BCUT2D eigenvalue weighted by Crippen LogP contribution is -1.99. The minimum absolute atomic E-state index is 0.258. The molecule has 0 aliphatic rings. The van der Waals surface area contributed by atoms with Crippen molar-refractivity contribution in [3.05, 3.63) is 94.0 Å². The van der Waals surface area contributed by atoms with Gasteiger partial charge in [0.2, 0.25) is 0 Å². The third-order valence-electron chi connectivity index (χ3n) is 3.98. The van der Waals surface area contributed by atoms with Crippen LogP contribution in [0.25, 0.3) is 0 Å². The first kappa shape index (κ1) is 18.7. The Morgan fingerprint density at radius 1 is 1.11 bits per heavy atom. The van der Waals surface area contributed by atoms with Crippen molar-refractivity contribution >= 4 is 29.5 Å². The van der Waals surface area contributed by atoms with Crippen LogP contribution in [-0.2, 0) is 6.61 Å². The zero-order valence-electron chi connectivity index (χ0n) is 14.7. The smallest absolute Gasteiger partial charge is 0.335 e. The van der Waals surface area contributed by atoms with Gasteiger partial charge in [-0.05, 0) is 60.0 Å². The second-order valence-corrected chi connectivity index (χ2v) is 6.46. The molecule has 0 heterocycles. The highest BCUT2D eigenvalue weighted by Crippen LogP contribution is 2.22. The summed E-state index contributed by atoms with van der Waals surface area (Å²) < 4.78 is 5.79. The first-order valence-electron chi connectivity index (χ1n) is 8.36. The molecule has 0 saturated carbocycles. The van der Waals surface area contributed by atoms with Gasteiger partial charge in [0.05, 0.1) is 11.3 Å². The number of carboxylic acids is 1. The van der Waals surface area contributed by atoms with Gasteiger partial charge in [-0.15, -0.1) is 0 Å². The van der Waals surface area contributed by atoms with E-state index >= 15 is 0 Å². The van der Waals surface area contributed by atoms with E-state index < -0.39 is 5.97 Å². The van der Waals surface area contributed by atoms with E-state index in [2.05, 4.69) is 4.99 Å². The van der Waals surface area contributed by atoms with Gasteiger partial charge in [-0.2, -0.15) is 0 Å². The van der Waals surface area contributed by atoms with Crippen molar-refractivity contribution in [1.29, 1.82) is 0 Å². The third kappa shape index (κ3) is 5.19. The summed E-state index contributed by atoms with van der Waals surface area (Å²) in [4.78, 5) is 15.3. The van der Waals surface area contributed by atoms with E-state index in [1.54, 1.807) is 30.5 Å². The summed E-state index contributed by atoms with van der Waals surface area (Å²) in [5.74, 6) is -0.229. The van der Waals surface area contributed by atoms with Crippen LogP contribution in [0.1, 0.15) is 27.0 Å². The molecule has 4 nitrogen and oxygen atoms in total. The van der Waals surface area contributed by atoms with Crippen molar-refractivity contribution in [2.24, 2.45) is 4.99 Å². The highest BCUT2D eigenvalue weighted by molar-refractivity contribution is 6.31. The molecule has 0 fully saturated rings. The lowest BCUT2D eigenvalue weighted by atomic mass is 10.1. The molecular weight excluding hydrogens is 362 g/mol. The van der Waals surface area contributed by atoms with Crippen LogP contribution in [0, 0.1) is 6.92 Å². The van der Waals surface area contributed by atoms with Gasteiger partial charge in [0.25, 0.3) is 0 Å². The minimum Gasteiger partial charge on any atom is -0.489 e. The molecule has 0 unspecified atom stereocenters. The van der Waals surface area contributed by atoms with Gasteiger partial charge in [-0.1, -0.05) is 41.9 Å². The Labute approximate surface area is 162 Å². The topological polar surface area (TPSA) is 58.9 Å². The van der Waals surface area contributed by atoms with Gasteiger partial charge in [-0.25, -0.2) is 4.79 Å². The van der Waals surface area contributed by atoms with E-state index in [1.807, 2.05) is 49.4 Å². The molecule has 0 aromatic heterocycles. The largest absolute Gasteiger partial charge is 0.489 e. The number of hydrogen-bond acceptors (Lipinski definition) is 3. The summed E-state index contributed by atoms with van der Waals surface area (Å²) in [6.07, 6.45) is 1.76. The van der Waals surface area contributed by atoms with Crippen LogP contribution in [0.4, 0.5) is 5.69 Å². The molecule has 0 aliphatic heterocycles. The first-order chi connectivity index (χ1) is 13.0. The second kappa shape index (κ2) is 8.52. The number of carbonyl (C=O) groups is 1. The van der Waals surface area contributed by atoms with Crippen LogP contribution >= 0.6 is 11.6 Å². The average Bonchev–Trinajstić information content (AvgIpc) is 2.68. The average molecular weight is 380 g/mol. The quantitative estimate of drug-likeness (QED) is 0.561. The summed E-state index contributed by atoms with van der Waals surface area (Å²) >= 11 is 6.12. The molecule has 3 rings (SSSR count). The molecule has 3 aromatic rings. The Balaban J connectivity index is 1.65. The van der Waals surface area contributed by atoms with E-state index in [0.29, 0.717) is 17.4 Å². The summed E-state index contributed by atoms with van der Waals surface area (Å²) in [5, 5.41) is 9.62. The van der Waals surface area contributed by atoms with Gasteiger partial charge >= 0.3 is 5.97 Å². The Bertz CT molecular complexity index is 981. The van der Waals surface area contributed by atoms with E-state index in [-0.39, 0.29) is 5.56 Å². The Morgan fingerprint density at radius 3 is 2.59 bits per heavy atom. The summed E-state index contributed by atoms with van der Waals surface area (Å²) in [5.41, 5.74) is 3.87. The van der Waals surface area contributed by atoms with Gasteiger partial charge in [0.15, 0.2) is 0 Å². The third-order valence-corrected chi connectivity index (χ3v) is 4.39. The molecule has 0 saturated heterocycles. The summed E-state index contributed by atoms with van der Waals surface area (Å²) in [6.45, 7) is 2.31. The van der Waals surface area contributed by atoms with Crippen LogP contribution in [-0.4, -0.2) is 17.3 Å². The maximum Gasteiger partial charge on any atom is 0.335 e. The van der Waals surface area contributed by atoms with Crippen LogP contribution in [0.15, 0.2) is 71.7 Å². The number of aliphatic imine (C=N–C) groups is 1. The van der Waals surface area contributed by atoms with E-state index in [0.717, 1.165) is 22.4 Å². The highest BCUT2D eigenvalue weighted by atomic mass is 35.5. The summed E-state index contributed by atoms with van der Waals surface area (Å²) in [7, 11) is 0. The Morgan fingerprint density at radius 2 is 1.89 bits per heavy atom. The number of carboxylic acid groups (broad SMARTS) is 1. The zero-order chi connectivity index (χ0) is 19.2. The van der Waals surface area contributed by atoms with Crippen molar-refractivity contribution in [3.8, 4) is 5.75 Å². The van der Waals surface area contributed by atoms with Crippen molar-refractivity contribution in [3.63, 3.8) is 0 Å². The van der Waals surface area contributed by atoms with Gasteiger partial charge in [-0.3, -0.25) is 4.99 Å².